The van der Waals surface area contributed by atoms with Crippen molar-refractivity contribution in [1.82, 2.24) is 0 Å². The third-order valence-corrected chi connectivity index (χ3v) is 2.77. The van der Waals surface area contributed by atoms with Crippen molar-refractivity contribution in [3.63, 3.8) is 0 Å². The van der Waals surface area contributed by atoms with Crippen molar-refractivity contribution < 1.29 is 4.74 Å². The molecule has 13 heavy (non-hydrogen) atoms. The van der Waals surface area contributed by atoms with E-state index in [1.807, 2.05) is 18.2 Å². The molecule has 0 radical (unpaired) electrons. The Bertz CT molecular complexity index is 356. The Morgan fingerprint density at radius 3 is 3.23 bits per heavy atom. The molecule has 0 atom stereocenters. The average molecular weight is 191 g/mol. The number of ether oxygens (including phenoxy) is 1. The van der Waals surface area contributed by atoms with Crippen molar-refractivity contribution in [2.75, 3.05) is 6.61 Å². The second-order valence-corrected chi connectivity index (χ2v) is 3.70. The van der Waals surface area contributed by atoms with E-state index in [-0.39, 0.29) is 0 Å². The first-order chi connectivity index (χ1) is 6.42. The number of benzene rings is 1. The van der Waals surface area contributed by atoms with Gasteiger partial charge in [0.25, 0.3) is 0 Å². The smallest absolute Gasteiger partial charge is 0.138 e. The van der Waals surface area contributed by atoms with Gasteiger partial charge in [-0.2, -0.15) is 5.26 Å². The molecule has 0 saturated heterocycles. The molecule has 0 spiro atoms. The SMILES string of the molecule is N#CSc1cccc2c1CCCO2. The van der Waals surface area contributed by atoms with E-state index in [1.165, 1.54) is 17.3 Å². The van der Waals surface area contributed by atoms with Crippen LogP contribution < -0.4 is 4.74 Å². The minimum absolute atomic E-state index is 0.799. The van der Waals surface area contributed by atoms with E-state index >= 15 is 0 Å². The number of nitriles is 1. The Morgan fingerprint density at radius 1 is 1.46 bits per heavy atom. The van der Waals surface area contributed by atoms with Crippen LogP contribution in [0.15, 0.2) is 23.1 Å². The van der Waals surface area contributed by atoms with Gasteiger partial charge in [0.2, 0.25) is 0 Å². The number of rotatable bonds is 1. The highest BCUT2D eigenvalue weighted by molar-refractivity contribution is 8.03. The molecular weight excluding hydrogens is 182 g/mol. The molecule has 1 aliphatic heterocycles. The van der Waals surface area contributed by atoms with Crippen LogP contribution in [0.3, 0.4) is 0 Å². The molecular formula is C10H9NOS. The maximum absolute atomic E-state index is 8.59. The molecule has 0 aliphatic carbocycles. The second-order valence-electron chi connectivity index (χ2n) is 2.88. The highest BCUT2D eigenvalue weighted by Crippen LogP contribution is 2.32. The summed E-state index contributed by atoms with van der Waals surface area (Å²) >= 11 is 1.22. The molecule has 1 aromatic carbocycles. The molecule has 0 saturated carbocycles. The topological polar surface area (TPSA) is 33.0 Å². The minimum atomic E-state index is 0.799. The monoisotopic (exact) mass is 191 g/mol. The van der Waals surface area contributed by atoms with Crippen LogP contribution >= 0.6 is 11.8 Å². The van der Waals surface area contributed by atoms with Gasteiger partial charge in [0.1, 0.15) is 11.2 Å². The number of thioether (sulfide) groups is 1. The van der Waals surface area contributed by atoms with Gasteiger partial charge in [-0.15, -0.1) is 0 Å². The molecule has 0 bridgehead atoms. The van der Waals surface area contributed by atoms with E-state index in [4.69, 9.17) is 10.00 Å². The molecule has 1 aliphatic rings. The summed E-state index contributed by atoms with van der Waals surface area (Å²) in [6.45, 7) is 0.799. The highest BCUT2D eigenvalue weighted by atomic mass is 32.2. The minimum Gasteiger partial charge on any atom is -0.493 e. The summed E-state index contributed by atoms with van der Waals surface area (Å²) in [4.78, 5) is 1.04. The lowest BCUT2D eigenvalue weighted by Gasteiger charge is -2.18. The number of thiocyanates is 1. The molecule has 3 heteroatoms. The molecule has 0 amide bonds. The molecule has 0 N–H and O–H groups in total. The third kappa shape index (κ3) is 1.63. The Morgan fingerprint density at radius 2 is 2.38 bits per heavy atom. The summed E-state index contributed by atoms with van der Waals surface area (Å²) < 4.78 is 5.49. The first kappa shape index (κ1) is 8.46. The summed E-state index contributed by atoms with van der Waals surface area (Å²) in [5.74, 6) is 0.950. The molecule has 0 aromatic heterocycles. The predicted molar refractivity (Wildman–Crippen MR) is 51.7 cm³/mol. The van der Waals surface area contributed by atoms with E-state index in [9.17, 15) is 0 Å². The Hall–Kier alpha value is -1.14. The summed E-state index contributed by atoms with van der Waals surface area (Å²) in [6, 6.07) is 5.88. The van der Waals surface area contributed by atoms with Crippen LogP contribution in [0.25, 0.3) is 0 Å². The van der Waals surface area contributed by atoms with Crippen molar-refractivity contribution in [3.8, 4) is 11.2 Å². The lowest BCUT2D eigenvalue weighted by molar-refractivity contribution is 0.286. The van der Waals surface area contributed by atoms with Crippen LogP contribution in [0.1, 0.15) is 12.0 Å². The van der Waals surface area contributed by atoms with Gasteiger partial charge in [-0.3, -0.25) is 0 Å². The summed E-state index contributed by atoms with van der Waals surface area (Å²) in [5.41, 5.74) is 1.19. The Labute approximate surface area is 81.5 Å². The predicted octanol–water partition coefficient (Wildman–Crippen LogP) is 2.58. The molecule has 0 unspecified atom stereocenters. The zero-order valence-electron chi connectivity index (χ0n) is 7.12. The van der Waals surface area contributed by atoms with E-state index in [0.29, 0.717) is 0 Å². The number of hydrogen-bond acceptors (Lipinski definition) is 3. The molecule has 2 nitrogen and oxygen atoms in total. The van der Waals surface area contributed by atoms with Crippen molar-refractivity contribution in [1.29, 1.82) is 5.26 Å². The number of fused-ring (bicyclic) bond motifs is 1. The molecule has 66 valence electrons. The van der Waals surface area contributed by atoms with Crippen LogP contribution in [-0.4, -0.2) is 6.61 Å². The average Bonchev–Trinajstić information content (AvgIpc) is 2.19. The van der Waals surface area contributed by atoms with Crippen molar-refractivity contribution in [2.45, 2.75) is 17.7 Å². The third-order valence-electron chi connectivity index (χ3n) is 2.07. The number of nitrogens with zero attached hydrogens (tertiary/aromatic N) is 1. The highest BCUT2D eigenvalue weighted by Gasteiger charge is 2.13. The molecule has 1 aromatic rings. The first-order valence-electron chi connectivity index (χ1n) is 4.22. The summed E-state index contributed by atoms with van der Waals surface area (Å²) in [7, 11) is 0. The summed E-state index contributed by atoms with van der Waals surface area (Å²) in [5, 5.41) is 10.7. The number of hydrogen-bond donors (Lipinski definition) is 0. The van der Waals surface area contributed by atoms with Crippen molar-refractivity contribution >= 4 is 11.8 Å². The molecule has 2 rings (SSSR count). The van der Waals surface area contributed by atoms with Crippen LogP contribution in [0.5, 0.6) is 5.75 Å². The van der Waals surface area contributed by atoms with E-state index in [2.05, 4.69) is 5.40 Å². The van der Waals surface area contributed by atoms with E-state index < -0.39 is 0 Å². The maximum atomic E-state index is 8.59. The van der Waals surface area contributed by atoms with Crippen LogP contribution in [-0.2, 0) is 6.42 Å². The van der Waals surface area contributed by atoms with Gasteiger partial charge in [-0.1, -0.05) is 6.07 Å². The molecule has 0 fully saturated rings. The van der Waals surface area contributed by atoms with Crippen molar-refractivity contribution in [2.24, 2.45) is 0 Å². The zero-order chi connectivity index (χ0) is 9.10. The maximum Gasteiger partial charge on any atom is 0.138 e. The zero-order valence-corrected chi connectivity index (χ0v) is 7.93. The van der Waals surface area contributed by atoms with Gasteiger partial charge < -0.3 is 4.74 Å². The van der Waals surface area contributed by atoms with Crippen molar-refractivity contribution in [3.05, 3.63) is 23.8 Å². The van der Waals surface area contributed by atoms with Gasteiger partial charge >= 0.3 is 0 Å². The standard InChI is InChI=1S/C10H9NOS/c11-7-13-10-5-1-4-9-8(10)3-2-6-12-9/h1,4-5H,2-3,6H2. The lowest BCUT2D eigenvalue weighted by Crippen LogP contribution is -2.08. The van der Waals surface area contributed by atoms with E-state index in [1.54, 1.807) is 0 Å². The van der Waals surface area contributed by atoms with Crippen LogP contribution in [0.2, 0.25) is 0 Å². The van der Waals surface area contributed by atoms with Gasteiger partial charge in [-0.25, -0.2) is 0 Å². The Kier molecular flexibility index (Phi) is 2.42. The largest absolute Gasteiger partial charge is 0.493 e. The quantitative estimate of drug-likeness (QED) is 0.505. The second kappa shape index (κ2) is 3.71. The Balaban J connectivity index is 2.41. The van der Waals surface area contributed by atoms with Gasteiger partial charge in [0.15, 0.2) is 0 Å². The fourth-order valence-corrected chi connectivity index (χ4v) is 2.07. The van der Waals surface area contributed by atoms with Gasteiger partial charge in [0.05, 0.1) is 6.61 Å². The lowest BCUT2D eigenvalue weighted by atomic mass is 10.1. The summed E-state index contributed by atoms with van der Waals surface area (Å²) in [6.07, 6.45) is 2.08. The van der Waals surface area contributed by atoms with Crippen LogP contribution in [0.4, 0.5) is 0 Å². The fourth-order valence-electron chi connectivity index (χ4n) is 1.50. The normalized spacial score (nSPS) is 14.1. The molecule has 1 heterocycles. The van der Waals surface area contributed by atoms with E-state index in [0.717, 1.165) is 30.1 Å². The first-order valence-corrected chi connectivity index (χ1v) is 5.04. The van der Waals surface area contributed by atoms with Crippen LogP contribution in [0, 0.1) is 10.7 Å². The van der Waals surface area contributed by atoms with Gasteiger partial charge in [-0.05, 0) is 36.7 Å². The van der Waals surface area contributed by atoms with Gasteiger partial charge in [0, 0.05) is 10.5 Å². The fraction of sp³-hybridized carbons (Fsp3) is 0.300.